The Labute approximate surface area is 105 Å². The molecule has 2 aromatic rings. The second-order valence-electron chi connectivity index (χ2n) is 4.26. The molecular weight excluding hydrogens is 228 g/mol. The van der Waals surface area contributed by atoms with E-state index in [-0.39, 0.29) is 17.3 Å². The van der Waals surface area contributed by atoms with Crippen molar-refractivity contribution in [2.45, 2.75) is 13.8 Å². The highest BCUT2D eigenvalue weighted by Crippen LogP contribution is 2.25. The smallest absolute Gasteiger partial charge is 0.193 e. The van der Waals surface area contributed by atoms with E-state index in [2.05, 4.69) is 0 Å². The molecule has 2 aromatic carbocycles. The van der Waals surface area contributed by atoms with Gasteiger partial charge in [-0.1, -0.05) is 0 Å². The first-order valence-electron chi connectivity index (χ1n) is 5.63. The zero-order chi connectivity index (χ0) is 13.3. The number of aromatic hydroxyl groups is 2. The second kappa shape index (κ2) is 4.53. The van der Waals surface area contributed by atoms with Gasteiger partial charge in [0.2, 0.25) is 0 Å². The van der Waals surface area contributed by atoms with Gasteiger partial charge in [0.1, 0.15) is 11.5 Å². The molecule has 0 radical (unpaired) electrons. The maximum absolute atomic E-state index is 12.3. The van der Waals surface area contributed by atoms with E-state index >= 15 is 0 Å². The summed E-state index contributed by atoms with van der Waals surface area (Å²) in [6.07, 6.45) is 0. The van der Waals surface area contributed by atoms with Crippen molar-refractivity contribution >= 4 is 5.78 Å². The number of rotatable bonds is 2. The Bertz CT molecular complexity index is 598. The molecule has 0 saturated carbocycles. The summed E-state index contributed by atoms with van der Waals surface area (Å²) < 4.78 is 0. The largest absolute Gasteiger partial charge is 0.508 e. The Morgan fingerprint density at radius 3 is 2.11 bits per heavy atom. The molecule has 0 saturated heterocycles. The quantitative estimate of drug-likeness (QED) is 0.796. The van der Waals surface area contributed by atoms with Crippen LogP contribution in [-0.2, 0) is 0 Å². The van der Waals surface area contributed by atoms with Crippen molar-refractivity contribution < 1.29 is 15.0 Å². The maximum atomic E-state index is 12.3. The summed E-state index contributed by atoms with van der Waals surface area (Å²) in [5, 5.41) is 18.8. The molecule has 3 nitrogen and oxygen atoms in total. The van der Waals surface area contributed by atoms with Crippen molar-refractivity contribution in [2.24, 2.45) is 0 Å². The van der Waals surface area contributed by atoms with Crippen LogP contribution < -0.4 is 0 Å². The first kappa shape index (κ1) is 12.2. The molecule has 0 unspecified atom stereocenters. The van der Waals surface area contributed by atoms with Gasteiger partial charge in [-0.2, -0.15) is 0 Å². The van der Waals surface area contributed by atoms with Gasteiger partial charge in [-0.15, -0.1) is 0 Å². The van der Waals surface area contributed by atoms with E-state index in [0.29, 0.717) is 16.7 Å². The normalized spacial score (nSPS) is 10.3. The van der Waals surface area contributed by atoms with Crippen LogP contribution in [0.2, 0.25) is 0 Å². The monoisotopic (exact) mass is 242 g/mol. The third-order valence-corrected chi connectivity index (χ3v) is 3.13. The van der Waals surface area contributed by atoms with E-state index in [1.165, 1.54) is 18.2 Å². The molecule has 0 aliphatic heterocycles. The van der Waals surface area contributed by atoms with Gasteiger partial charge in [0.05, 0.1) is 0 Å². The summed E-state index contributed by atoms with van der Waals surface area (Å²) in [5.41, 5.74) is 2.56. The van der Waals surface area contributed by atoms with Crippen LogP contribution in [0.25, 0.3) is 0 Å². The first-order chi connectivity index (χ1) is 8.50. The molecule has 0 atom stereocenters. The predicted octanol–water partition coefficient (Wildman–Crippen LogP) is 2.95. The SMILES string of the molecule is Cc1c(O)ccc(C(=O)c2ccc(O)cc2)c1C. The van der Waals surface area contributed by atoms with Gasteiger partial charge in [-0.3, -0.25) is 4.79 Å². The van der Waals surface area contributed by atoms with E-state index in [0.717, 1.165) is 5.56 Å². The average molecular weight is 242 g/mol. The fourth-order valence-corrected chi connectivity index (χ4v) is 1.82. The molecule has 0 aliphatic rings. The Hall–Kier alpha value is -2.29. The number of hydrogen-bond acceptors (Lipinski definition) is 3. The van der Waals surface area contributed by atoms with Crippen LogP contribution in [0.3, 0.4) is 0 Å². The van der Waals surface area contributed by atoms with Crippen molar-refractivity contribution in [3.63, 3.8) is 0 Å². The number of carbonyl (C=O) groups is 1. The molecule has 0 spiro atoms. The van der Waals surface area contributed by atoms with Gasteiger partial charge in [-0.05, 0) is 61.4 Å². The highest BCUT2D eigenvalue weighted by molar-refractivity contribution is 6.10. The number of hydrogen-bond donors (Lipinski definition) is 2. The van der Waals surface area contributed by atoms with Crippen LogP contribution in [0.4, 0.5) is 0 Å². The summed E-state index contributed by atoms with van der Waals surface area (Å²) in [7, 11) is 0. The molecule has 92 valence electrons. The van der Waals surface area contributed by atoms with Crippen LogP contribution in [0.15, 0.2) is 36.4 Å². The zero-order valence-corrected chi connectivity index (χ0v) is 10.3. The lowest BCUT2D eigenvalue weighted by atomic mass is 9.95. The number of ketones is 1. The van der Waals surface area contributed by atoms with Gasteiger partial charge in [0, 0.05) is 11.1 Å². The lowest BCUT2D eigenvalue weighted by Crippen LogP contribution is -2.04. The molecular formula is C15H14O3. The van der Waals surface area contributed by atoms with Gasteiger partial charge < -0.3 is 10.2 Å². The Morgan fingerprint density at radius 1 is 0.889 bits per heavy atom. The van der Waals surface area contributed by atoms with Crippen molar-refractivity contribution in [2.75, 3.05) is 0 Å². The maximum Gasteiger partial charge on any atom is 0.193 e. The molecule has 18 heavy (non-hydrogen) atoms. The lowest BCUT2D eigenvalue weighted by Gasteiger charge is -2.09. The molecule has 0 aliphatic carbocycles. The number of carbonyl (C=O) groups excluding carboxylic acids is 1. The van der Waals surface area contributed by atoms with Gasteiger partial charge in [-0.25, -0.2) is 0 Å². The van der Waals surface area contributed by atoms with Crippen LogP contribution in [0.5, 0.6) is 11.5 Å². The number of phenolic OH excluding ortho intramolecular Hbond substituents is 2. The third-order valence-electron chi connectivity index (χ3n) is 3.13. The van der Waals surface area contributed by atoms with Gasteiger partial charge in [0.25, 0.3) is 0 Å². The van der Waals surface area contributed by atoms with Gasteiger partial charge in [0.15, 0.2) is 5.78 Å². The molecule has 0 aromatic heterocycles. The molecule has 2 N–H and O–H groups in total. The fraction of sp³-hybridized carbons (Fsp3) is 0.133. The van der Waals surface area contributed by atoms with Crippen molar-refractivity contribution in [1.29, 1.82) is 0 Å². The fourth-order valence-electron chi connectivity index (χ4n) is 1.82. The molecule has 2 rings (SSSR count). The van der Waals surface area contributed by atoms with Crippen molar-refractivity contribution in [3.05, 3.63) is 58.7 Å². The molecule has 3 heteroatoms. The van der Waals surface area contributed by atoms with Crippen LogP contribution in [0, 0.1) is 13.8 Å². The van der Waals surface area contributed by atoms with E-state index in [4.69, 9.17) is 0 Å². The molecule has 0 fully saturated rings. The summed E-state index contributed by atoms with van der Waals surface area (Å²) in [6.45, 7) is 3.58. The molecule has 0 bridgehead atoms. The minimum atomic E-state index is -0.115. The van der Waals surface area contributed by atoms with Crippen LogP contribution >= 0.6 is 0 Å². The average Bonchev–Trinajstić information content (AvgIpc) is 2.36. The topological polar surface area (TPSA) is 57.5 Å². The Morgan fingerprint density at radius 2 is 1.50 bits per heavy atom. The Kier molecular flexibility index (Phi) is 3.06. The highest BCUT2D eigenvalue weighted by Gasteiger charge is 2.14. The highest BCUT2D eigenvalue weighted by atomic mass is 16.3. The number of phenols is 2. The van der Waals surface area contributed by atoms with E-state index in [1.807, 2.05) is 6.92 Å². The zero-order valence-electron chi connectivity index (χ0n) is 10.3. The van der Waals surface area contributed by atoms with Crippen molar-refractivity contribution in [1.82, 2.24) is 0 Å². The number of benzene rings is 2. The summed E-state index contributed by atoms with van der Waals surface area (Å²) >= 11 is 0. The lowest BCUT2D eigenvalue weighted by molar-refractivity contribution is 0.103. The standard InChI is InChI=1S/C15H14O3/c1-9-10(2)14(17)8-7-13(9)15(18)11-3-5-12(16)6-4-11/h3-8,16-17H,1-2H3. The predicted molar refractivity (Wildman–Crippen MR) is 69.1 cm³/mol. The first-order valence-corrected chi connectivity index (χ1v) is 5.63. The molecule has 0 heterocycles. The minimum absolute atomic E-state index is 0.115. The van der Waals surface area contributed by atoms with E-state index < -0.39 is 0 Å². The van der Waals surface area contributed by atoms with Gasteiger partial charge >= 0.3 is 0 Å². The second-order valence-corrected chi connectivity index (χ2v) is 4.26. The minimum Gasteiger partial charge on any atom is -0.508 e. The van der Waals surface area contributed by atoms with E-state index in [9.17, 15) is 15.0 Å². The third kappa shape index (κ3) is 2.07. The summed E-state index contributed by atoms with van der Waals surface area (Å²) in [4.78, 5) is 12.3. The molecule has 0 amide bonds. The van der Waals surface area contributed by atoms with Crippen LogP contribution in [-0.4, -0.2) is 16.0 Å². The summed E-state index contributed by atoms with van der Waals surface area (Å²) in [6, 6.07) is 9.27. The van der Waals surface area contributed by atoms with Crippen LogP contribution in [0.1, 0.15) is 27.0 Å². The summed E-state index contributed by atoms with van der Waals surface area (Å²) in [5.74, 6) is 0.204. The Balaban J connectivity index is 2.46. The van der Waals surface area contributed by atoms with Crippen molar-refractivity contribution in [3.8, 4) is 11.5 Å². The van der Waals surface area contributed by atoms with E-state index in [1.54, 1.807) is 25.1 Å².